The van der Waals surface area contributed by atoms with E-state index < -0.39 is 0 Å². The SMILES string of the molecule is Cc1nn(C)cc1CNC(=O)C(C)c1cccc(N)c1. The first-order valence-corrected chi connectivity index (χ1v) is 6.59. The van der Waals surface area contributed by atoms with Crippen LogP contribution in [-0.4, -0.2) is 15.7 Å². The number of carbonyl (C=O) groups excluding carboxylic acids is 1. The lowest BCUT2D eigenvalue weighted by molar-refractivity contribution is -0.122. The molecule has 5 nitrogen and oxygen atoms in total. The topological polar surface area (TPSA) is 72.9 Å². The van der Waals surface area contributed by atoms with E-state index in [-0.39, 0.29) is 11.8 Å². The minimum Gasteiger partial charge on any atom is -0.399 e. The molecule has 3 N–H and O–H groups in total. The minimum absolute atomic E-state index is 0.0150. The third-order valence-corrected chi connectivity index (χ3v) is 3.37. The van der Waals surface area contributed by atoms with Crippen LogP contribution in [0.1, 0.15) is 29.7 Å². The fraction of sp³-hybridized carbons (Fsp3) is 0.333. The molecule has 0 saturated heterocycles. The summed E-state index contributed by atoms with van der Waals surface area (Å²) in [6.45, 7) is 4.30. The largest absolute Gasteiger partial charge is 0.399 e. The highest BCUT2D eigenvalue weighted by Gasteiger charge is 2.15. The number of nitrogens with one attached hydrogen (secondary N) is 1. The maximum absolute atomic E-state index is 12.2. The number of amides is 1. The van der Waals surface area contributed by atoms with Gasteiger partial charge in [-0.2, -0.15) is 5.10 Å². The maximum atomic E-state index is 12.2. The highest BCUT2D eigenvalue weighted by Crippen LogP contribution is 2.18. The second-order valence-electron chi connectivity index (χ2n) is 5.02. The van der Waals surface area contributed by atoms with Crippen LogP contribution in [0.2, 0.25) is 0 Å². The summed E-state index contributed by atoms with van der Waals surface area (Å²) in [7, 11) is 1.87. The smallest absolute Gasteiger partial charge is 0.227 e. The molecule has 1 atom stereocenters. The van der Waals surface area contributed by atoms with E-state index in [2.05, 4.69) is 10.4 Å². The number of hydrogen-bond donors (Lipinski definition) is 2. The van der Waals surface area contributed by atoms with Gasteiger partial charge in [-0.3, -0.25) is 9.48 Å². The van der Waals surface area contributed by atoms with Crippen molar-refractivity contribution in [2.45, 2.75) is 26.3 Å². The molecule has 2 rings (SSSR count). The Hall–Kier alpha value is -2.30. The lowest BCUT2D eigenvalue weighted by atomic mass is 10.00. The zero-order chi connectivity index (χ0) is 14.7. The molecule has 1 aromatic heterocycles. The summed E-state index contributed by atoms with van der Waals surface area (Å²) in [6, 6.07) is 7.42. The molecule has 106 valence electrons. The molecule has 0 aliphatic rings. The molecule has 1 amide bonds. The number of nitrogen functional groups attached to an aromatic ring is 1. The van der Waals surface area contributed by atoms with Crippen molar-refractivity contribution >= 4 is 11.6 Å². The quantitative estimate of drug-likeness (QED) is 0.832. The van der Waals surface area contributed by atoms with Gasteiger partial charge < -0.3 is 11.1 Å². The lowest BCUT2D eigenvalue weighted by Gasteiger charge is -2.12. The monoisotopic (exact) mass is 272 g/mol. The predicted octanol–water partition coefficient (Wildman–Crippen LogP) is 1.73. The van der Waals surface area contributed by atoms with E-state index in [9.17, 15) is 4.79 Å². The van der Waals surface area contributed by atoms with Crippen LogP contribution in [0.15, 0.2) is 30.5 Å². The molecule has 0 aliphatic carbocycles. The predicted molar refractivity (Wildman–Crippen MR) is 79.1 cm³/mol. The van der Waals surface area contributed by atoms with E-state index in [0.29, 0.717) is 12.2 Å². The lowest BCUT2D eigenvalue weighted by Crippen LogP contribution is -2.27. The van der Waals surface area contributed by atoms with Crippen molar-refractivity contribution in [2.24, 2.45) is 7.05 Å². The summed E-state index contributed by atoms with van der Waals surface area (Å²) >= 11 is 0. The molecule has 0 bridgehead atoms. The van der Waals surface area contributed by atoms with E-state index in [1.165, 1.54) is 0 Å². The molecule has 0 aliphatic heterocycles. The molecule has 0 radical (unpaired) electrons. The Morgan fingerprint density at radius 3 is 2.85 bits per heavy atom. The molecule has 0 spiro atoms. The molecule has 20 heavy (non-hydrogen) atoms. The van der Waals surface area contributed by atoms with Gasteiger partial charge in [0.1, 0.15) is 0 Å². The molecular weight excluding hydrogens is 252 g/mol. The van der Waals surface area contributed by atoms with Gasteiger partial charge in [0.05, 0.1) is 11.6 Å². The zero-order valence-corrected chi connectivity index (χ0v) is 12.1. The molecule has 1 heterocycles. The number of benzene rings is 1. The van der Waals surface area contributed by atoms with Gasteiger partial charge in [-0.1, -0.05) is 12.1 Å². The molecule has 1 unspecified atom stereocenters. The number of nitrogens with two attached hydrogens (primary N) is 1. The minimum atomic E-state index is -0.226. The van der Waals surface area contributed by atoms with Gasteiger partial charge in [-0.05, 0) is 31.5 Å². The van der Waals surface area contributed by atoms with Gasteiger partial charge in [-0.25, -0.2) is 0 Å². The maximum Gasteiger partial charge on any atom is 0.227 e. The van der Waals surface area contributed by atoms with Gasteiger partial charge in [0.25, 0.3) is 0 Å². The van der Waals surface area contributed by atoms with Crippen LogP contribution in [0.25, 0.3) is 0 Å². The summed E-state index contributed by atoms with van der Waals surface area (Å²) < 4.78 is 1.75. The van der Waals surface area contributed by atoms with Crippen LogP contribution in [0, 0.1) is 6.92 Å². The van der Waals surface area contributed by atoms with Crippen molar-refractivity contribution < 1.29 is 4.79 Å². The van der Waals surface area contributed by atoms with Gasteiger partial charge >= 0.3 is 0 Å². The second kappa shape index (κ2) is 5.77. The number of aryl methyl sites for hydroxylation is 2. The molecule has 1 aromatic carbocycles. The van der Waals surface area contributed by atoms with Crippen molar-refractivity contribution in [2.75, 3.05) is 5.73 Å². The number of aromatic nitrogens is 2. The molecule has 2 aromatic rings. The molecule has 0 fully saturated rings. The zero-order valence-electron chi connectivity index (χ0n) is 12.1. The van der Waals surface area contributed by atoms with Gasteiger partial charge in [0.2, 0.25) is 5.91 Å². The highest BCUT2D eigenvalue weighted by molar-refractivity contribution is 5.83. The van der Waals surface area contributed by atoms with E-state index in [4.69, 9.17) is 5.73 Å². The summed E-state index contributed by atoms with van der Waals surface area (Å²) in [6.07, 6.45) is 1.92. The van der Waals surface area contributed by atoms with Gasteiger partial charge in [-0.15, -0.1) is 0 Å². The Bertz CT molecular complexity index is 618. The van der Waals surface area contributed by atoms with Crippen molar-refractivity contribution in [3.8, 4) is 0 Å². The van der Waals surface area contributed by atoms with Crippen LogP contribution in [-0.2, 0) is 18.4 Å². The second-order valence-corrected chi connectivity index (χ2v) is 5.02. The van der Waals surface area contributed by atoms with Crippen LogP contribution in [0.5, 0.6) is 0 Å². The normalized spacial score (nSPS) is 12.2. The number of rotatable bonds is 4. The van der Waals surface area contributed by atoms with Crippen molar-refractivity contribution in [1.82, 2.24) is 15.1 Å². The molecule has 0 saturated carbocycles. The van der Waals surface area contributed by atoms with Crippen LogP contribution in [0.4, 0.5) is 5.69 Å². The van der Waals surface area contributed by atoms with Gasteiger partial charge in [0, 0.05) is 31.0 Å². The van der Waals surface area contributed by atoms with Crippen molar-refractivity contribution in [3.05, 3.63) is 47.3 Å². The van der Waals surface area contributed by atoms with E-state index in [1.807, 2.05) is 51.4 Å². The fourth-order valence-electron chi connectivity index (χ4n) is 2.14. The summed E-state index contributed by atoms with van der Waals surface area (Å²) in [5.41, 5.74) is 9.30. The van der Waals surface area contributed by atoms with Crippen molar-refractivity contribution in [3.63, 3.8) is 0 Å². The Kier molecular flexibility index (Phi) is 4.08. The first-order valence-electron chi connectivity index (χ1n) is 6.59. The van der Waals surface area contributed by atoms with Crippen molar-refractivity contribution in [1.29, 1.82) is 0 Å². The van der Waals surface area contributed by atoms with Crippen LogP contribution >= 0.6 is 0 Å². The van der Waals surface area contributed by atoms with E-state index >= 15 is 0 Å². The summed E-state index contributed by atoms with van der Waals surface area (Å²) in [5.74, 6) is -0.241. The van der Waals surface area contributed by atoms with Crippen LogP contribution in [0.3, 0.4) is 0 Å². The first-order chi connectivity index (χ1) is 9.47. The fourth-order valence-corrected chi connectivity index (χ4v) is 2.14. The molecule has 5 heteroatoms. The average Bonchev–Trinajstić information content (AvgIpc) is 2.73. The Balaban J connectivity index is 2.00. The summed E-state index contributed by atoms with van der Waals surface area (Å²) in [4.78, 5) is 12.2. The average molecular weight is 272 g/mol. The van der Waals surface area contributed by atoms with E-state index in [1.54, 1.807) is 4.68 Å². The Morgan fingerprint density at radius 2 is 2.25 bits per heavy atom. The number of carbonyl (C=O) groups is 1. The highest BCUT2D eigenvalue weighted by atomic mass is 16.1. The molecular formula is C15H20N4O. The van der Waals surface area contributed by atoms with Gasteiger partial charge in [0.15, 0.2) is 0 Å². The first kappa shape index (κ1) is 14.1. The Labute approximate surface area is 118 Å². The number of anilines is 1. The standard InChI is InChI=1S/C15H20N4O/c1-10(12-5-4-6-14(16)7-12)15(20)17-8-13-9-19(3)18-11(13)2/h4-7,9-10H,8,16H2,1-3H3,(H,17,20). The summed E-state index contributed by atoms with van der Waals surface area (Å²) in [5, 5.41) is 7.19. The third-order valence-electron chi connectivity index (χ3n) is 3.37. The van der Waals surface area contributed by atoms with E-state index in [0.717, 1.165) is 16.8 Å². The Morgan fingerprint density at radius 1 is 1.50 bits per heavy atom. The number of hydrogen-bond acceptors (Lipinski definition) is 3. The number of nitrogens with zero attached hydrogens (tertiary/aromatic N) is 2. The third kappa shape index (κ3) is 3.17. The van der Waals surface area contributed by atoms with Crippen LogP contribution < -0.4 is 11.1 Å².